The van der Waals surface area contributed by atoms with E-state index >= 15 is 0 Å². The van der Waals surface area contributed by atoms with Crippen LogP contribution in [-0.2, 0) is 10.3 Å². The Kier molecular flexibility index (Phi) is 4.57. The van der Waals surface area contributed by atoms with Crippen molar-refractivity contribution in [3.8, 4) is 11.5 Å². The van der Waals surface area contributed by atoms with Crippen molar-refractivity contribution < 1.29 is 19.7 Å². The third-order valence-corrected chi connectivity index (χ3v) is 5.53. The molecule has 6 heteroatoms. The number of nitrogens with zero attached hydrogens (tertiary/aromatic N) is 2. The van der Waals surface area contributed by atoms with E-state index in [4.69, 9.17) is 4.74 Å². The number of phenols is 2. The highest BCUT2D eigenvalue weighted by Gasteiger charge is 2.51. The number of carbonyl (C=O) groups is 1. The summed E-state index contributed by atoms with van der Waals surface area (Å²) < 4.78 is 5.97. The second-order valence-electron chi connectivity index (χ2n) is 7.81. The van der Waals surface area contributed by atoms with Gasteiger partial charge in [0.15, 0.2) is 5.60 Å². The fraction of sp³-hybridized carbons (Fsp3) is 0.208. The highest BCUT2D eigenvalue weighted by molar-refractivity contribution is 5.96. The summed E-state index contributed by atoms with van der Waals surface area (Å²) in [5.74, 6) is -0.554. The van der Waals surface area contributed by atoms with Gasteiger partial charge in [-0.25, -0.2) is 4.79 Å². The van der Waals surface area contributed by atoms with Crippen LogP contribution in [0.2, 0.25) is 0 Å². The first-order chi connectivity index (χ1) is 14.3. The number of ether oxygens (including phenoxy) is 1. The topological polar surface area (TPSA) is 73.2 Å². The van der Waals surface area contributed by atoms with Gasteiger partial charge in [-0.15, -0.1) is 0 Å². The molecule has 1 aliphatic heterocycles. The maximum atomic E-state index is 12.8. The largest absolute Gasteiger partial charge is 0.507 e. The van der Waals surface area contributed by atoms with Gasteiger partial charge in [0.2, 0.25) is 0 Å². The fourth-order valence-electron chi connectivity index (χ4n) is 3.95. The molecule has 4 rings (SSSR count). The summed E-state index contributed by atoms with van der Waals surface area (Å²) in [5.41, 5.74) is 1.91. The Morgan fingerprint density at radius 3 is 1.70 bits per heavy atom. The molecular weight excluding hydrogens is 380 g/mol. The van der Waals surface area contributed by atoms with E-state index in [0.717, 1.165) is 11.4 Å². The van der Waals surface area contributed by atoms with E-state index in [-0.39, 0.29) is 11.5 Å². The van der Waals surface area contributed by atoms with Gasteiger partial charge in [-0.3, -0.25) is 0 Å². The Labute approximate surface area is 175 Å². The minimum atomic E-state index is -1.46. The summed E-state index contributed by atoms with van der Waals surface area (Å²) in [4.78, 5) is 16.5. The van der Waals surface area contributed by atoms with Crippen molar-refractivity contribution in [3.63, 3.8) is 0 Å². The van der Waals surface area contributed by atoms with Crippen LogP contribution in [0.4, 0.5) is 11.4 Å². The van der Waals surface area contributed by atoms with Gasteiger partial charge in [0.1, 0.15) is 11.5 Å². The molecule has 0 saturated carbocycles. The number of esters is 1. The van der Waals surface area contributed by atoms with Crippen LogP contribution >= 0.6 is 0 Å². The Morgan fingerprint density at radius 2 is 1.23 bits per heavy atom. The quantitative estimate of drug-likeness (QED) is 0.646. The van der Waals surface area contributed by atoms with Crippen molar-refractivity contribution in [1.82, 2.24) is 0 Å². The second kappa shape index (κ2) is 6.99. The molecule has 0 saturated heterocycles. The normalized spacial score (nSPS) is 14.2. The molecule has 0 fully saturated rings. The van der Waals surface area contributed by atoms with E-state index in [0.29, 0.717) is 22.3 Å². The molecule has 3 aromatic rings. The lowest BCUT2D eigenvalue weighted by atomic mass is 9.79. The first kappa shape index (κ1) is 19.6. The number of benzene rings is 3. The van der Waals surface area contributed by atoms with E-state index < -0.39 is 11.6 Å². The van der Waals surface area contributed by atoms with E-state index in [9.17, 15) is 15.0 Å². The monoisotopic (exact) mass is 404 g/mol. The minimum absolute atomic E-state index is 0.0261. The van der Waals surface area contributed by atoms with Gasteiger partial charge in [-0.05, 0) is 30.3 Å². The van der Waals surface area contributed by atoms with E-state index in [1.54, 1.807) is 42.5 Å². The van der Waals surface area contributed by atoms with E-state index in [2.05, 4.69) is 0 Å². The maximum absolute atomic E-state index is 12.8. The number of aromatic hydroxyl groups is 2. The van der Waals surface area contributed by atoms with Crippen molar-refractivity contribution in [2.24, 2.45) is 0 Å². The van der Waals surface area contributed by atoms with Gasteiger partial charge in [0.25, 0.3) is 0 Å². The van der Waals surface area contributed by atoms with E-state index in [1.807, 2.05) is 56.2 Å². The zero-order chi connectivity index (χ0) is 21.6. The standard InChI is InChI=1S/C24H24N2O4/c1-25(2)15-9-11-19(21(27)13-15)24(18-8-6-5-7-17(18)23(29)30-24)20-12-10-16(26(3)4)14-22(20)28/h5-14,27-28H,1-4H3. The fourth-order valence-corrected chi connectivity index (χ4v) is 3.95. The van der Waals surface area contributed by atoms with Crippen LogP contribution in [0.1, 0.15) is 27.0 Å². The zero-order valence-corrected chi connectivity index (χ0v) is 17.4. The predicted octanol–water partition coefficient (Wildman–Crippen LogP) is 3.69. The zero-order valence-electron chi connectivity index (χ0n) is 17.4. The van der Waals surface area contributed by atoms with Crippen LogP contribution < -0.4 is 9.80 Å². The lowest BCUT2D eigenvalue weighted by Gasteiger charge is -2.32. The van der Waals surface area contributed by atoms with Crippen molar-refractivity contribution in [1.29, 1.82) is 0 Å². The number of carbonyl (C=O) groups excluding carboxylic acids is 1. The van der Waals surface area contributed by atoms with Gasteiger partial charge in [-0.1, -0.05) is 18.2 Å². The Bertz CT molecular complexity index is 1080. The van der Waals surface area contributed by atoms with Gasteiger partial charge < -0.3 is 24.7 Å². The van der Waals surface area contributed by atoms with Crippen LogP contribution in [0.25, 0.3) is 0 Å². The summed E-state index contributed by atoms with van der Waals surface area (Å²) in [6, 6.07) is 17.5. The molecule has 0 atom stereocenters. The van der Waals surface area contributed by atoms with Crippen molar-refractivity contribution in [2.45, 2.75) is 5.60 Å². The van der Waals surface area contributed by atoms with Crippen molar-refractivity contribution in [3.05, 3.63) is 82.9 Å². The molecule has 1 heterocycles. The summed E-state index contributed by atoms with van der Waals surface area (Å²) in [6.45, 7) is 0. The Morgan fingerprint density at radius 1 is 0.733 bits per heavy atom. The molecule has 1 aliphatic rings. The summed E-state index contributed by atoms with van der Waals surface area (Å²) in [6.07, 6.45) is 0. The lowest BCUT2D eigenvalue weighted by Crippen LogP contribution is -2.30. The first-order valence-corrected chi connectivity index (χ1v) is 9.60. The average molecular weight is 404 g/mol. The van der Waals surface area contributed by atoms with Crippen molar-refractivity contribution in [2.75, 3.05) is 38.0 Å². The number of anilines is 2. The molecule has 30 heavy (non-hydrogen) atoms. The number of cyclic esters (lactones) is 1. The van der Waals surface area contributed by atoms with Crippen LogP contribution in [0.3, 0.4) is 0 Å². The van der Waals surface area contributed by atoms with Gasteiger partial charge in [0.05, 0.1) is 5.56 Å². The summed E-state index contributed by atoms with van der Waals surface area (Å²) >= 11 is 0. The van der Waals surface area contributed by atoms with Gasteiger partial charge in [0, 0.05) is 68.4 Å². The molecule has 3 aromatic carbocycles. The highest BCUT2D eigenvalue weighted by Crippen LogP contribution is 2.52. The summed E-state index contributed by atoms with van der Waals surface area (Å²) in [7, 11) is 7.50. The Balaban J connectivity index is 2.03. The molecule has 0 amide bonds. The van der Waals surface area contributed by atoms with Crippen molar-refractivity contribution >= 4 is 17.3 Å². The molecule has 0 aliphatic carbocycles. The van der Waals surface area contributed by atoms with Crippen LogP contribution in [0.5, 0.6) is 11.5 Å². The number of hydrogen-bond acceptors (Lipinski definition) is 6. The average Bonchev–Trinajstić information content (AvgIpc) is 3.01. The molecule has 154 valence electrons. The number of hydrogen-bond donors (Lipinski definition) is 2. The maximum Gasteiger partial charge on any atom is 0.340 e. The molecule has 0 radical (unpaired) electrons. The molecule has 0 unspecified atom stereocenters. The molecular formula is C24H24N2O4. The number of phenolic OH excluding ortho intramolecular Hbond substituents is 2. The van der Waals surface area contributed by atoms with Crippen LogP contribution in [0, 0.1) is 0 Å². The van der Waals surface area contributed by atoms with Gasteiger partial charge >= 0.3 is 5.97 Å². The molecule has 2 N–H and O–H groups in total. The lowest BCUT2D eigenvalue weighted by molar-refractivity contribution is 0.0240. The molecule has 0 spiro atoms. The molecule has 0 aromatic heterocycles. The number of rotatable bonds is 4. The summed E-state index contributed by atoms with van der Waals surface area (Å²) in [5, 5.41) is 21.9. The van der Waals surface area contributed by atoms with Crippen LogP contribution in [-0.4, -0.2) is 44.4 Å². The van der Waals surface area contributed by atoms with E-state index in [1.165, 1.54) is 0 Å². The van der Waals surface area contributed by atoms with Gasteiger partial charge in [-0.2, -0.15) is 0 Å². The number of fused-ring (bicyclic) bond motifs is 1. The Hall–Kier alpha value is -3.67. The first-order valence-electron chi connectivity index (χ1n) is 9.60. The molecule has 6 nitrogen and oxygen atoms in total. The smallest absolute Gasteiger partial charge is 0.340 e. The molecule has 0 bridgehead atoms. The second-order valence-corrected chi connectivity index (χ2v) is 7.81. The highest BCUT2D eigenvalue weighted by atomic mass is 16.6. The third-order valence-electron chi connectivity index (χ3n) is 5.53. The minimum Gasteiger partial charge on any atom is -0.507 e. The predicted molar refractivity (Wildman–Crippen MR) is 117 cm³/mol. The van der Waals surface area contributed by atoms with Crippen LogP contribution in [0.15, 0.2) is 60.7 Å². The third kappa shape index (κ3) is 2.84. The SMILES string of the molecule is CN(C)c1ccc(C2(c3ccc(N(C)C)cc3O)OC(=O)c3ccccc32)c(O)c1.